The third-order valence-corrected chi connectivity index (χ3v) is 2.18. The van der Waals surface area contributed by atoms with Gasteiger partial charge in [0.1, 0.15) is 5.75 Å². The zero-order chi connectivity index (χ0) is 9.97. The van der Waals surface area contributed by atoms with Crippen LogP contribution in [0.4, 0.5) is 0 Å². The van der Waals surface area contributed by atoms with Gasteiger partial charge in [-0.15, -0.1) is 0 Å². The van der Waals surface area contributed by atoms with Gasteiger partial charge in [-0.05, 0) is 25.0 Å². The van der Waals surface area contributed by atoms with Crippen LogP contribution in [0, 0.1) is 0 Å². The smallest absolute Gasteiger partial charge is 0.254 e. The maximum Gasteiger partial charge on any atom is 0.254 e. The van der Waals surface area contributed by atoms with Gasteiger partial charge in [0.2, 0.25) is 0 Å². The Bertz CT molecular complexity index is 345. The second kappa shape index (κ2) is 3.70. The molecule has 3 heteroatoms. The molecule has 1 aliphatic rings. The van der Waals surface area contributed by atoms with Crippen LogP contribution in [0.15, 0.2) is 24.3 Å². The van der Waals surface area contributed by atoms with Crippen LogP contribution >= 0.6 is 0 Å². The van der Waals surface area contributed by atoms with Crippen molar-refractivity contribution in [2.24, 2.45) is 0 Å². The van der Waals surface area contributed by atoms with Crippen LogP contribution in [-0.4, -0.2) is 19.1 Å². The minimum atomic E-state index is -0.0961. The van der Waals surface area contributed by atoms with Crippen molar-refractivity contribution in [3.05, 3.63) is 29.8 Å². The van der Waals surface area contributed by atoms with Crippen molar-refractivity contribution in [3.63, 3.8) is 0 Å². The van der Waals surface area contributed by atoms with E-state index in [9.17, 15) is 4.79 Å². The van der Waals surface area contributed by atoms with Gasteiger partial charge in [-0.3, -0.25) is 4.79 Å². The summed E-state index contributed by atoms with van der Waals surface area (Å²) in [5.41, 5.74) is 0.613. The number of hydrogen-bond donors (Lipinski definition) is 1. The van der Waals surface area contributed by atoms with Crippen molar-refractivity contribution in [3.8, 4) is 5.75 Å². The van der Waals surface area contributed by atoms with E-state index in [4.69, 9.17) is 4.74 Å². The molecular formula is C11H13NO2. The van der Waals surface area contributed by atoms with E-state index in [1.54, 1.807) is 13.1 Å². The van der Waals surface area contributed by atoms with E-state index in [0.29, 0.717) is 17.4 Å². The van der Waals surface area contributed by atoms with Crippen LogP contribution < -0.4 is 10.1 Å². The highest BCUT2D eigenvalue weighted by molar-refractivity contribution is 5.96. The van der Waals surface area contributed by atoms with E-state index in [2.05, 4.69) is 5.32 Å². The molecule has 0 spiro atoms. The molecule has 1 fully saturated rings. The molecule has 2 rings (SSSR count). The van der Waals surface area contributed by atoms with Gasteiger partial charge in [-0.2, -0.15) is 0 Å². The summed E-state index contributed by atoms with van der Waals surface area (Å²) in [6, 6.07) is 7.33. The second-order valence-corrected chi connectivity index (χ2v) is 3.39. The standard InChI is InChI=1S/C11H13NO2/c1-12-11(13)9-4-2-3-5-10(9)14-8-6-7-8/h2-5,8H,6-7H2,1H3,(H,12,13). The molecule has 0 unspecified atom stereocenters. The lowest BCUT2D eigenvalue weighted by molar-refractivity contribution is 0.0958. The van der Waals surface area contributed by atoms with Crippen molar-refractivity contribution in [2.45, 2.75) is 18.9 Å². The van der Waals surface area contributed by atoms with Crippen LogP contribution in [0.5, 0.6) is 5.75 Å². The number of hydrogen-bond acceptors (Lipinski definition) is 2. The minimum absolute atomic E-state index is 0.0961. The molecule has 3 nitrogen and oxygen atoms in total. The summed E-state index contributed by atoms with van der Waals surface area (Å²) in [7, 11) is 1.62. The molecule has 0 heterocycles. The van der Waals surface area contributed by atoms with Crippen molar-refractivity contribution in [2.75, 3.05) is 7.05 Å². The number of ether oxygens (including phenoxy) is 1. The number of carbonyl (C=O) groups excluding carboxylic acids is 1. The quantitative estimate of drug-likeness (QED) is 0.787. The molecule has 1 aromatic rings. The number of rotatable bonds is 3. The third kappa shape index (κ3) is 1.87. The van der Waals surface area contributed by atoms with E-state index < -0.39 is 0 Å². The number of para-hydroxylation sites is 1. The van der Waals surface area contributed by atoms with Crippen molar-refractivity contribution in [1.82, 2.24) is 5.32 Å². The van der Waals surface area contributed by atoms with E-state index >= 15 is 0 Å². The largest absolute Gasteiger partial charge is 0.490 e. The molecule has 74 valence electrons. The van der Waals surface area contributed by atoms with Gasteiger partial charge >= 0.3 is 0 Å². The Hall–Kier alpha value is -1.51. The van der Waals surface area contributed by atoms with Gasteiger partial charge in [0, 0.05) is 7.05 Å². The zero-order valence-electron chi connectivity index (χ0n) is 8.12. The lowest BCUT2D eigenvalue weighted by atomic mass is 10.2. The monoisotopic (exact) mass is 191 g/mol. The average molecular weight is 191 g/mol. The molecule has 0 bridgehead atoms. The van der Waals surface area contributed by atoms with E-state index in [-0.39, 0.29) is 5.91 Å². The van der Waals surface area contributed by atoms with E-state index in [1.165, 1.54) is 0 Å². The van der Waals surface area contributed by atoms with E-state index in [1.807, 2.05) is 18.2 Å². The lowest BCUT2D eigenvalue weighted by Gasteiger charge is -2.08. The summed E-state index contributed by atoms with van der Waals surface area (Å²) in [6.07, 6.45) is 2.52. The Morgan fingerprint density at radius 1 is 1.43 bits per heavy atom. The fourth-order valence-corrected chi connectivity index (χ4v) is 1.26. The Kier molecular flexibility index (Phi) is 2.39. The van der Waals surface area contributed by atoms with Gasteiger partial charge < -0.3 is 10.1 Å². The maximum absolute atomic E-state index is 11.4. The molecule has 0 aromatic heterocycles. The summed E-state index contributed by atoms with van der Waals surface area (Å²) in [4.78, 5) is 11.4. The van der Waals surface area contributed by atoms with E-state index in [0.717, 1.165) is 12.8 Å². The van der Waals surface area contributed by atoms with Crippen LogP contribution in [0.2, 0.25) is 0 Å². The number of benzene rings is 1. The molecule has 0 atom stereocenters. The van der Waals surface area contributed by atoms with Gasteiger partial charge in [-0.1, -0.05) is 12.1 Å². The first-order valence-electron chi connectivity index (χ1n) is 4.79. The fourth-order valence-electron chi connectivity index (χ4n) is 1.26. The van der Waals surface area contributed by atoms with Crippen LogP contribution in [0.3, 0.4) is 0 Å². The molecule has 1 saturated carbocycles. The van der Waals surface area contributed by atoms with Gasteiger partial charge in [-0.25, -0.2) is 0 Å². The normalized spacial score (nSPS) is 14.9. The molecule has 1 amide bonds. The second-order valence-electron chi connectivity index (χ2n) is 3.39. The molecule has 0 saturated heterocycles. The highest BCUT2D eigenvalue weighted by Crippen LogP contribution is 2.28. The summed E-state index contributed by atoms with van der Waals surface area (Å²) in [5, 5.41) is 2.60. The van der Waals surface area contributed by atoms with Crippen LogP contribution in [-0.2, 0) is 0 Å². The lowest BCUT2D eigenvalue weighted by Crippen LogP contribution is -2.19. The maximum atomic E-state index is 11.4. The molecule has 0 aliphatic heterocycles. The minimum Gasteiger partial charge on any atom is -0.490 e. The predicted molar refractivity (Wildman–Crippen MR) is 53.5 cm³/mol. The first-order valence-corrected chi connectivity index (χ1v) is 4.79. The topological polar surface area (TPSA) is 38.3 Å². The predicted octanol–water partition coefficient (Wildman–Crippen LogP) is 1.59. The van der Waals surface area contributed by atoms with Crippen molar-refractivity contribution in [1.29, 1.82) is 0 Å². The Labute approximate surface area is 83.1 Å². The molecular weight excluding hydrogens is 178 g/mol. The van der Waals surface area contributed by atoms with Crippen LogP contribution in [0.1, 0.15) is 23.2 Å². The SMILES string of the molecule is CNC(=O)c1ccccc1OC1CC1. The molecule has 1 aliphatic carbocycles. The molecule has 0 radical (unpaired) electrons. The Morgan fingerprint density at radius 2 is 2.14 bits per heavy atom. The number of carbonyl (C=O) groups is 1. The summed E-state index contributed by atoms with van der Waals surface area (Å²) >= 11 is 0. The van der Waals surface area contributed by atoms with Gasteiger partial charge in [0.15, 0.2) is 0 Å². The fraction of sp³-hybridized carbons (Fsp3) is 0.364. The van der Waals surface area contributed by atoms with Crippen molar-refractivity contribution >= 4 is 5.91 Å². The average Bonchev–Trinajstić information content (AvgIpc) is 3.01. The van der Waals surface area contributed by atoms with Gasteiger partial charge in [0.25, 0.3) is 5.91 Å². The first-order chi connectivity index (χ1) is 6.81. The highest BCUT2D eigenvalue weighted by atomic mass is 16.5. The Balaban J connectivity index is 2.22. The summed E-state index contributed by atoms with van der Waals surface area (Å²) in [6.45, 7) is 0. The summed E-state index contributed by atoms with van der Waals surface area (Å²) in [5.74, 6) is 0.593. The Morgan fingerprint density at radius 3 is 2.79 bits per heavy atom. The molecule has 14 heavy (non-hydrogen) atoms. The summed E-state index contributed by atoms with van der Waals surface area (Å²) < 4.78 is 5.62. The van der Waals surface area contributed by atoms with Gasteiger partial charge in [0.05, 0.1) is 11.7 Å². The van der Waals surface area contributed by atoms with Crippen molar-refractivity contribution < 1.29 is 9.53 Å². The number of nitrogens with one attached hydrogen (secondary N) is 1. The zero-order valence-corrected chi connectivity index (χ0v) is 8.12. The number of amides is 1. The highest BCUT2D eigenvalue weighted by Gasteiger charge is 2.25. The third-order valence-electron chi connectivity index (χ3n) is 2.18. The van der Waals surface area contributed by atoms with Crippen LogP contribution in [0.25, 0.3) is 0 Å². The molecule has 1 aromatic carbocycles. The molecule has 1 N–H and O–H groups in total. The first kappa shape index (κ1) is 9.06.